The molecule has 18 heavy (non-hydrogen) atoms. The molecule has 0 aliphatic rings. The monoisotopic (exact) mass is 245 g/mol. The molecule has 4 nitrogen and oxygen atoms in total. The Kier molecular flexibility index (Phi) is 3.48. The second-order valence-electron chi connectivity index (χ2n) is 5.37. The van der Waals surface area contributed by atoms with Crippen molar-refractivity contribution in [3.05, 3.63) is 35.7 Å². The van der Waals surface area contributed by atoms with E-state index in [0.717, 1.165) is 12.0 Å². The molecular weight excluding hydrogens is 226 g/mol. The Hall–Kier alpha value is -1.68. The molecule has 0 fully saturated rings. The largest absolute Gasteiger partial charge is 0.339 e. The van der Waals surface area contributed by atoms with Crippen molar-refractivity contribution in [1.82, 2.24) is 10.1 Å². The van der Waals surface area contributed by atoms with Gasteiger partial charge in [0.05, 0.1) is 0 Å². The molecule has 0 aliphatic carbocycles. The Bertz CT molecular complexity index is 509. The summed E-state index contributed by atoms with van der Waals surface area (Å²) >= 11 is 0. The molecule has 0 radical (unpaired) electrons. The van der Waals surface area contributed by atoms with Crippen LogP contribution in [0.4, 0.5) is 0 Å². The molecule has 0 amide bonds. The molecule has 0 unspecified atom stereocenters. The predicted molar refractivity (Wildman–Crippen MR) is 71.1 cm³/mol. The van der Waals surface area contributed by atoms with Gasteiger partial charge in [-0.1, -0.05) is 35.0 Å². The van der Waals surface area contributed by atoms with Gasteiger partial charge in [0.1, 0.15) is 0 Å². The van der Waals surface area contributed by atoms with Crippen LogP contribution in [0.15, 0.2) is 28.8 Å². The average Bonchev–Trinajstić information content (AvgIpc) is 2.75. The molecule has 0 bridgehead atoms. The smallest absolute Gasteiger partial charge is 0.227 e. The number of nitrogens with two attached hydrogens (primary N) is 1. The second kappa shape index (κ2) is 4.90. The molecule has 1 heterocycles. The summed E-state index contributed by atoms with van der Waals surface area (Å²) in [6.07, 6.45) is 1.53. The third-order valence-corrected chi connectivity index (χ3v) is 2.76. The SMILES string of the molecule is Cc1ccc(-c2noc(CCC(C)(C)N)n2)cc1. The Labute approximate surface area is 107 Å². The van der Waals surface area contributed by atoms with E-state index >= 15 is 0 Å². The molecule has 0 aliphatic heterocycles. The molecule has 0 saturated heterocycles. The summed E-state index contributed by atoms with van der Waals surface area (Å²) < 4.78 is 5.23. The highest BCUT2D eigenvalue weighted by Gasteiger charge is 2.14. The number of nitrogens with zero attached hydrogens (tertiary/aromatic N) is 2. The van der Waals surface area contributed by atoms with Crippen LogP contribution in [0.1, 0.15) is 31.7 Å². The lowest BCUT2D eigenvalue weighted by molar-refractivity contribution is 0.358. The highest BCUT2D eigenvalue weighted by Crippen LogP contribution is 2.17. The number of aromatic nitrogens is 2. The zero-order valence-electron chi connectivity index (χ0n) is 11.1. The van der Waals surface area contributed by atoms with Crippen LogP contribution in [-0.2, 0) is 6.42 Å². The summed E-state index contributed by atoms with van der Waals surface area (Å²) in [5.41, 5.74) is 7.91. The van der Waals surface area contributed by atoms with Crippen molar-refractivity contribution in [2.45, 2.75) is 39.2 Å². The maximum absolute atomic E-state index is 5.93. The lowest BCUT2D eigenvalue weighted by Gasteiger charge is -2.16. The first kappa shape index (κ1) is 12.8. The van der Waals surface area contributed by atoms with Crippen molar-refractivity contribution >= 4 is 0 Å². The van der Waals surface area contributed by atoms with Gasteiger partial charge in [0, 0.05) is 17.5 Å². The van der Waals surface area contributed by atoms with Crippen LogP contribution in [0.2, 0.25) is 0 Å². The minimum Gasteiger partial charge on any atom is -0.339 e. The van der Waals surface area contributed by atoms with E-state index in [0.29, 0.717) is 18.1 Å². The predicted octanol–water partition coefficient (Wildman–Crippen LogP) is 2.71. The van der Waals surface area contributed by atoms with E-state index < -0.39 is 0 Å². The third kappa shape index (κ3) is 3.40. The zero-order chi connectivity index (χ0) is 13.2. The zero-order valence-corrected chi connectivity index (χ0v) is 11.1. The standard InChI is InChI=1S/C14H19N3O/c1-10-4-6-11(7-5-10)13-16-12(18-17-13)8-9-14(2,3)15/h4-7H,8-9,15H2,1-3H3. The van der Waals surface area contributed by atoms with Crippen molar-refractivity contribution in [3.8, 4) is 11.4 Å². The quantitative estimate of drug-likeness (QED) is 0.899. The molecule has 4 heteroatoms. The van der Waals surface area contributed by atoms with Gasteiger partial charge < -0.3 is 10.3 Å². The van der Waals surface area contributed by atoms with Crippen molar-refractivity contribution in [3.63, 3.8) is 0 Å². The Morgan fingerprint density at radius 1 is 1.22 bits per heavy atom. The summed E-state index contributed by atoms with van der Waals surface area (Å²) in [6, 6.07) is 8.07. The minimum absolute atomic E-state index is 0.210. The lowest BCUT2D eigenvalue weighted by atomic mass is 10.0. The van der Waals surface area contributed by atoms with Gasteiger partial charge in [0.15, 0.2) is 0 Å². The van der Waals surface area contributed by atoms with Gasteiger partial charge in [0.2, 0.25) is 11.7 Å². The summed E-state index contributed by atoms with van der Waals surface area (Å²) in [4.78, 5) is 4.38. The summed E-state index contributed by atoms with van der Waals surface area (Å²) in [5, 5.41) is 3.99. The van der Waals surface area contributed by atoms with E-state index in [1.54, 1.807) is 0 Å². The summed E-state index contributed by atoms with van der Waals surface area (Å²) in [6.45, 7) is 6.03. The van der Waals surface area contributed by atoms with Crippen molar-refractivity contribution in [2.75, 3.05) is 0 Å². The Morgan fingerprint density at radius 3 is 2.50 bits per heavy atom. The second-order valence-corrected chi connectivity index (χ2v) is 5.37. The molecule has 96 valence electrons. The number of hydrogen-bond acceptors (Lipinski definition) is 4. The van der Waals surface area contributed by atoms with Crippen LogP contribution in [0.25, 0.3) is 11.4 Å². The average molecular weight is 245 g/mol. The number of hydrogen-bond donors (Lipinski definition) is 1. The molecule has 1 aromatic carbocycles. The summed E-state index contributed by atoms with van der Waals surface area (Å²) in [7, 11) is 0. The number of aryl methyl sites for hydroxylation is 2. The lowest BCUT2D eigenvalue weighted by Crippen LogP contribution is -2.32. The maximum atomic E-state index is 5.93. The Morgan fingerprint density at radius 2 is 1.89 bits per heavy atom. The van der Waals surface area contributed by atoms with E-state index in [4.69, 9.17) is 10.3 Å². The van der Waals surface area contributed by atoms with E-state index in [1.807, 2.05) is 38.1 Å². The van der Waals surface area contributed by atoms with E-state index in [1.165, 1.54) is 5.56 Å². The molecule has 2 aromatic rings. The number of rotatable bonds is 4. The fraction of sp³-hybridized carbons (Fsp3) is 0.429. The van der Waals surface area contributed by atoms with Crippen LogP contribution in [0.3, 0.4) is 0 Å². The van der Waals surface area contributed by atoms with Gasteiger partial charge in [-0.05, 0) is 27.2 Å². The van der Waals surface area contributed by atoms with Crippen LogP contribution < -0.4 is 5.73 Å². The highest BCUT2D eigenvalue weighted by molar-refractivity contribution is 5.54. The Balaban J connectivity index is 2.08. The molecule has 2 N–H and O–H groups in total. The van der Waals surface area contributed by atoms with Crippen molar-refractivity contribution in [2.24, 2.45) is 5.73 Å². The third-order valence-electron chi connectivity index (χ3n) is 2.76. The fourth-order valence-electron chi connectivity index (χ4n) is 1.61. The number of benzene rings is 1. The fourth-order valence-corrected chi connectivity index (χ4v) is 1.61. The van der Waals surface area contributed by atoms with Crippen molar-refractivity contribution < 1.29 is 4.52 Å². The topological polar surface area (TPSA) is 64.9 Å². The first-order valence-corrected chi connectivity index (χ1v) is 6.12. The van der Waals surface area contributed by atoms with Gasteiger partial charge in [-0.15, -0.1) is 0 Å². The van der Waals surface area contributed by atoms with Crippen molar-refractivity contribution in [1.29, 1.82) is 0 Å². The van der Waals surface area contributed by atoms with Gasteiger partial charge in [-0.3, -0.25) is 0 Å². The molecule has 0 atom stereocenters. The van der Waals surface area contributed by atoms with Gasteiger partial charge >= 0.3 is 0 Å². The highest BCUT2D eigenvalue weighted by atomic mass is 16.5. The molecule has 1 aromatic heterocycles. The minimum atomic E-state index is -0.210. The molecule has 2 rings (SSSR count). The van der Waals surface area contributed by atoms with Crippen LogP contribution in [0.5, 0.6) is 0 Å². The molecule has 0 spiro atoms. The van der Waals surface area contributed by atoms with Gasteiger partial charge in [0.25, 0.3) is 0 Å². The van der Waals surface area contributed by atoms with E-state index in [2.05, 4.69) is 17.1 Å². The first-order valence-electron chi connectivity index (χ1n) is 6.12. The van der Waals surface area contributed by atoms with Gasteiger partial charge in [-0.2, -0.15) is 4.98 Å². The van der Waals surface area contributed by atoms with Crippen LogP contribution in [0, 0.1) is 6.92 Å². The molecular formula is C14H19N3O. The molecule has 0 saturated carbocycles. The van der Waals surface area contributed by atoms with Crippen LogP contribution in [-0.4, -0.2) is 15.7 Å². The van der Waals surface area contributed by atoms with E-state index in [-0.39, 0.29) is 5.54 Å². The maximum Gasteiger partial charge on any atom is 0.227 e. The van der Waals surface area contributed by atoms with Gasteiger partial charge in [-0.25, -0.2) is 0 Å². The summed E-state index contributed by atoms with van der Waals surface area (Å²) in [5.74, 6) is 1.28. The normalized spacial score (nSPS) is 11.8. The first-order chi connectivity index (χ1) is 8.44. The van der Waals surface area contributed by atoms with E-state index in [9.17, 15) is 0 Å². The van der Waals surface area contributed by atoms with Crippen LogP contribution >= 0.6 is 0 Å².